The van der Waals surface area contributed by atoms with Gasteiger partial charge in [-0.1, -0.05) is 133 Å². The average Bonchev–Trinajstić information content (AvgIpc) is 3.45. The van der Waals surface area contributed by atoms with Crippen LogP contribution in [0, 0.1) is 0 Å². The average molecular weight is 664 g/mol. The molecule has 0 bridgehead atoms. The molecule has 1 nitrogen and oxygen atoms in total. The van der Waals surface area contributed by atoms with E-state index >= 15 is 0 Å². The van der Waals surface area contributed by atoms with Crippen molar-refractivity contribution in [1.29, 1.82) is 0 Å². The Hall–Kier alpha value is -3.32. The van der Waals surface area contributed by atoms with Crippen molar-refractivity contribution in [2.24, 2.45) is 0 Å². The van der Waals surface area contributed by atoms with E-state index in [0.717, 1.165) is 0 Å². The molecule has 0 spiro atoms. The lowest BCUT2D eigenvalue weighted by atomic mass is 9.71. The minimum atomic E-state index is 0.0816. The molecule has 0 aromatic heterocycles. The Kier molecular flexibility index (Phi) is 10.2. The Bertz CT molecular complexity index is 1700. The third kappa shape index (κ3) is 6.48. The summed E-state index contributed by atoms with van der Waals surface area (Å²) in [4.78, 5) is 2.69. The molecular weight excluding hydrogens is 603 g/mol. The van der Waals surface area contributed by atoms with Gasteiger partial charge >= 0.3 is 0 Å². The van der Waals surface area contributed by atoms with Crippen LogP contribution < -0.4 is 4.90 Å². The van der Waals surface area contributed by atoms with E-state index in [9.17, 15) is 0 Å². The Labute approximate surface area is 303 Å². The summed E-state index contributed by atoms with van der Waals surface area (Å²) in [5, 5.41) is 0. The molecule has 4 aromatic rings. The van der Waals surface area contributed by atoms with Gasteiger partial charge in [0.1, 0.15) is 0 Å². The summed E-state index contributed by atoms with van der Waals surface area (Å²) in [7, 11) is 0. The highest BCUT2D eigenvalue weighted by Crippen LogP contribution is 2.55. The van der Waals surface area contributed by atoms with Crippen LogP contribution in [0.3, 0.4) is 0 Å². The van der Waals surface area contributed by atoms with Gasteiger partial charge in [0.25, 0.3) is 0 Å². The molecule has 3 saturated carbocycles. The van der Waals surface area contributed by atoms with Gasteiger partial charge < -0.3 is 4.90 Å². The first kappa shape index (κ1) is 33.8. The zero-order valence-corrected chi connectivity index (χ0v) is 31.2. The molecule has 0 aliphatic heterocycles. The zero-order chi connectivity index (χ0) is 33.9. The highest BCUT2D eigenvalue weighted by Gasteiger charge is 2.42. The standard InChI is InChI=1S/C49H61N/c1-3-29-49(30-4-2)47-26-15-14-25-45(47)46-28-27-43(35-48(46)49)50(42-24-16-23-39(32-42)36-17-8-5-9-18-36)44-33-40(37-19-10-6-11-20-37)31-41(34-44)38-21-12-7-13-22-38/h14-16,23-28,31-38H,3-13,17-22,29-30H2,1-2H3. The van der Waals surface area contributed by atoms with Gasteiger partial charge in [-0.2, -0.15) is 0 Å². The Balaban J connectivity index is 1.31. The molecule has 0 atom stereocenters. The highest BCUT2D eigenvalue weighted by molar-refractivity contribution is 5.86. The molecule has 0 unspecified atom stereocenters. The second-order valence-corrected chi connectivity index (χ2v) is 16.7. The molecule has 4 aromatic carbocycles. The van der Waals surface area contributed by atoms with Crippen LogP contribution in [0.4, 0.5) is 17.1 Å². The van der Waals surface area contributed by atoms with Gasteiger partial charge in [-0.3, -0.25) is 0 Å². The second-order valence-electron chi connectivity index (χ2n) is 16.7. The number of rotatable bonds is 10. The maximum absolute atomic E-state index is 2.69. The van der Waals surface area contributed by atoms with Crippen molar-refractivity contribution in [2.45, 2.75) is 159 Å². The molecule has 0 heterocycles. The molecule has 1 heteroatoms. The Morgan fingerprint density at radius 1 is 0.460 bits per heavy atom. The van der Waals surface area contributed by atoms with Gasteiger partial charge in [0, 0.05) is 22.5 Å². The minimum Gasteiger partial charge on any atom is -0.310 e. The number of hydrogen-bond donors (Lipinski definition) is 0. The van der Waals surface area contributed by atoms with Crippen LogP contribution in [0.5, 0.6) is 0 Å². The topological polar surface area (TPSA) is 3.24 Å². The van der Waals surface area contributed by atoms with Crippen LogP contribution in [-0.2, 0) is 5.41 Å². The molecule has 0 N–H and O–H groups in total. The number of hydrogen-bond acceptors (Lipinski definition) is 1. The lowest BCUT2D eigenvalue weighted by Crippen LogP contribution is -2.25. The number of anilines is 3. The first-order valence-electron chi connectivity index (χ1n) is 21.0. The predicted molar refractivity (Wildman–Crippen MR) is 215 cm³/mol. The van der Waals surface area contributed by atoms with Crippen molar-refractivity contribution in [1.82, 2.24) is 0 Å². The summed E-state index contributed by atoms with van der Waals surface area (Å²) >= 11 is 0. The van der Waals surface area contributed by atoms with Crippen molar-refractivity contribution < 1.29 is 0 Å². The highest BCUT2D eigenvalue weighted by atomic mass is 15.1. The molecule has 4 aliphatic rings. The molecular formula is C49H61N. The smallest absolute Gasteiger partial charge is 0.0467 e. The first-order valence-corrected chi connectivity index (χ1v) is 21.0. The fourth-order valence-electron chi connectivity index (χ4n) is 11.0. The van der Waals surface area contributed by atoms with Crippen LogP contribution in [-0.4, -0.2) is 0 Å². The van der Waals surface area contributed by atoms with Crippen LogP contribution in [0.25, 0.3) is 11.1 Å². The van der Waals surface area contributed by atoms with E-state index in [-0.39, 0.29) is 5.41 Å². The van der Waals surface area contributed by atoms with Crippen molar-refractivity contribution in [3.05, 3.63) is 113 Å². The van der Waals surface area contributed by atoms with Crippen molar-refractivity contribution in [3.63, 3.8) is 0 Å². The van der Waals surface area contributed by atoms with Crippen LogP contribution in [0.15, 0.2) is 84.9 Å². The van der Waals surface area contributed by atoms with E-state index in [0.29, 0.717) is 17.8 Å². The summed E-state index contributed by atoms with van der Waals surface area (Å²) in [6.45, 7) is 4.77. The SMILES string of the molecule is CCCC1(CCC)c2ccccc2-c2ccc(N(c3cccc(C4CCCCC4)c3)c3cc(C4CCCCC4)cc(C4CCCCC4)c3)cc21. The molecule has 50 heavy (non-hydrogen) atoms. The van der Waals surface area contributed by atoms with E-state index in [4.69, 9.17) is 0 Å². The van der Waals surface area contributed by atoms with Crippen LogP contribution >= 0.6 is 0 Å². The largest absolute Gasteiger partial charge is 0.310 e. The summed E-state index contributed by atoms with van der Waals surface area (Å²) in [6, 6.07) is 34.6. The fraction of sp³-hybridized carbons (Fsp3) is 0.510. The van der Waals surface area contributed by atoms with Crippen molar-refractivity contribution in [3.8, 4) is 11.1 Å². The first-order chi connectivity index (χ1) is 24.7. The summed E-state index contributed by atoms with van der Waals surface area (Å²) < 4.78 is 0. The van der Waals surface area contributed by atoms with E-state index < -0.39 is 0 Å². The van der Waals surface area contributed by atoms with Gasteiger partial charge in [-0.05, 0) is 144 Å². The predicted octanol–water partition coefficient (Wildman–Crippen LogP) is 15.2. The number of nitrogens with zero attached hydrogens (tertiary/aromatic N) is 1. The van der Waals surface area contributed by atoms with E-state index in [1.54, 1.807) is 27.8 Å². The van der Waals surface area contributed by atoms with Gasteiger partial charge in [-0.15, -0.1) is 0 Å². The van der Waals surface area contributed by atoms with E-state index in [2.05, 4.69) is 104 Å². The molecule has 0 amide bonds. The summed E-state index contributed by atoms with van der Waals surface area (Å²) in [5.74, 6) is 2.07. The van der Waals surface area contributed by atoms with Crippen molar-refractivity contribution >= 4 is 17.1 Å². The lowest BCUT2D eigenvalue weighted by molar-refractivity contribution is 0.435. The van der Waals surface area contributed by atoms with Gasteiger partial charge in [0.2, 0.25) is 0 Å². The van der Waals surface area contributed by atoms with Gasteiger partial charge in [0.05, 0.1) is 0 Å². The maximum atomic E-state index is 2.69. The molecule has 0 radical (unpaired) electrons. The lowest BCUT2D eigenvalue weighted by Gasteiger charge is -2.34. The quantitative estimate of drug-likeness (QED) is 0.163. The van der Waals surface area contributed by atoms with Crippen molar-refractivity contribution in [2.75, 3.05) is 4.90 Å². The monoisotopic (exact) mass is 663 g/mol. The third-order valence-corrected chi connectivity index (χ3v) is 13.4. The molecule has 0 saturated heterocycles. The molecule has 4 aliphatic carbocycles. The van der Waals surface area contributed by atoms with E-state index in [1.165, 1.54) is 150 Å². The minimum absolute atomic E-state index is 0.0816. The Morgan fingerprint density at radius 2 is 0.980 bits per heavy atom. The maximum Gasteiger partial charge on any atom is 0.0467 e. The fourth-order valence-corrected chi connectivity index (χ4v) is 11.0. The number of fused-ring (bicyclic) bond motifs is 3. The molecule has 262 valence electrons. The van der Waals surface area contributed by atoms with Crippen LogP contribution in [0.2, 0.25) is 0 Å². The van der Waals surface area contributed by atoms with Gasteiger partial charge in [-0.25, -0.2) is 0 Å². The second kappa shape index (κ2) is 15.1. The zero-order valence-electron chi connectivity index (χ0n) is 31.2. The van der Waals surface area contributed by atoms with Crippen LogP contribution in [0.1, 0.15) is 181 Å². The van der Waals surface area contributed by atoms with Gasteiger partial charge in [0.15, 0.2) is 0 Å². The Morgan fingerprint density at radius 3 is 1.58 bits per heavy atom. The summed E-state index contributed by atoms with van der Waals surface area (Å²) in [6.07, 6.45) is 25.3. The van der Waals surface area contributed by atoms with E-state index in [1.807, 2.05) is 0 Å². The molecule has 8 rings (SSSR count). The normalized spacial score (nSPS) is 19.6. The number of benzene rings is 4. The molecule has 3 fully saturated rings. The summed E-state index contributed by atoms with van der Waals surface area (Å²) in [5.41, 5.74) is 14.9. The third-order valence-electron chi connectivity index (χ3n) is 13.4.